The van der Waals surface area contributed by atoms with Crippen molar-refractivity contribution in [3.63, 3.8) is 0 Å². The number of amides is 1. The molecule has 1 aromatic heterocycles. The number of benzene rings is 2. The predicted molar refractivity (Wildman–Crippen MR) is 101 cm³/mol. The van der Waals surface area contributed by atoms with E-state index < -0.39 is 0 Å². The van der Waals surface area contributed by atoms with E-state index in [1.165, 1.54) is 21.8 Å². The molecular formula is C21H23N3O. The van der Waals surface area contributed by atoms with E-state index in [1.807, 2.05) is 0 Å². The zero-order chi connectivity index (χ0) is 17.0. The molecule has 2 aliphatic heterocycles. The summed E-state index contributed by atoms with van der Waals surface area (Å²) in [6.45, 7) is 2.95. The van der Waals surface area contributed by atoms with Crippen LogP contribution in [0.25, 0.3) is 21.8 Å². The van der Waals surface area contributed by atoms with Gasteiger partial charge in [-0.15, -0.1) is 0 Å². The minimum Gasteiger partial charge on any atom is -0.344 e. The van der Waals surface area contributed by atoms with Crippen molar-refractivity contribution in [1.29, 1.82) is 0 Å². The minimum absolute atomic E-state index is 0.274. The molecule has 0 aliphatic carbocycles. The van der Waals surface area contributed by atoms with Gasteiger partial charge in [0.25, 0.3) is 0 Å². The number of carbonyl (C=O) groups is 1. The third-order valence-corrected chi connectivity index (χ3v) is 6.10. The summed E-state index contributed by atoms with van der Waals surface area (Å²) in [5, 5.41) is 5.92. The molecule has 0 radical (unpaired) electrons. The van der Waals surface area contributed by atoms with E-state index in [0.717, 1.165) is 31.6 Å². The van der Waals surface area contributed by atoms with Gasteiger partial charge in [0, 0.05) is 54.5 Å². The van der Waals surface area contributed by atoms with Crippen molar-refractivity contribution in [2.45, 2.75) is 18.9 Å². The summed E-state index contributed by atoms with van der Waals surface area (Å²) >= 11 is 0. The zero-order valence-electron chi connectivity index (χ0n) is 14.5. The molecule has 2 fully saturated rings. The molecule has 0 spiro atoms. The van der Waals surface area contributed by atoms with Crippen LogP contribution < -0.4 is 5.32 Å². The van der Waals surface area contributed by atoms with Crippen LogP contribution >= 0.6 is 0 Å². The highest BCUT2D eigenvalue weighted by atomic mass is 16.2. The van der Waals surface area contributed by atoms with E-state index in [-0.39, 0.29) is 5.91 Å². The standard InChI is InChI=1S/C21H23N3O/c1-23-18-5-3-2-4-16(18)17-10-14(6-7-19(17)23)11-21(25)24-9-8-15-12-22-13-20(15)24/h2-7,10,15,20,22H,8-9,11-13H2,1H3/t15-,20+/m1/s1. The second-order valence-electron chi connectivity index (χ2n) is 7.47. The predicted octanol–water partition coefficient (Wildman–Crippen LogP) is 2.69. The monoisotopic (exact) mass is 333 g/mol. The first kappa shape index (κ1) is 15.0. The van der Waals surface area contributed by atoms with Crippen molar-refractivity contribution in [2.24, 2.45) is 13.0 Å². The number of carbonyl (C=O) groups excluding carboxylic acids is 1. The Morgan fingerprint density at radius 2 is 1.96 bits per heavy atom. The van der Waals surface area contributed by atoms with Gasteiger partial charge >= 0.3 is 0 Å². The molecule has 4 nitrogen and oxygen atoms in total. The van der Waals surface area contributed by atoms with E-state index in [9.17, 15) is 4.79 Å². The quantitative estimate of drug-likeness (QED) is 0.783. The van der Waals surface area contributed by atoms with Crippen molar-refractivity contribution in [3.8, 4) is 0 Å². The summed E-state index contributed by atoms with van der Waals surface area (Å²) in [4.78, 5) is 15.0. The number of hydrogen-bond donors (Lipinski definition) is 1. The summed E-state index contributed by atoms with van der Waals surface area (Å²) in [5.74, 6) is 0.931. The molecule has 4 heteroatoms. The number of nitrogens with zero attached hydrogens (tertiary/aromatic N) is 2. The van der Waals surface area contributed by atoms with Crippen LogP contribution in [-0.4, -0.2) is 41.1 Å². The van der Waals surface area contributed by atoms with Crippen LogP contribution in [0.5, 0.6) is 0 Å². The molecular weight excluding hydrogens is 310 g/mol. The average molecular weight is 333 g/mol. The Bertz CT molecular complexity index is 974. The molecule has 3 heterocycles. The highest BCUT2D eigenvalue weighted by Crippen LogP contribution is 2.30. The fraction of sp³-hybridized carbons (Fsp3) is 0.381. The maximum Gasteiger partial charge on any atom is 0.227 e. The molecule has 1 amide bonds. The van der Waals surface area contributed by atoms with E-state index in [2.05, 4.69) is 64.3 Å². The van der Waals surface area contributed by atoms with Crippen LogP contribution in [0.2, 0.25) is 0 Å². The summed E-state index contributed by atoms with van der Waals surface area (Å²) < 4.78 is 2.23. The number of nitrogens with one attached hydrogen (secondary N) is 1. The first-order chi connectivity index (χ1) is 12.2. The molecule has 2 atom stereocenters. The Labute approximate surface area is 147 Å². The minimum atomic E-state index is 0.274. The molecule has 0 saturated carbocycles. The summed E-state index contributed by atoms with van der Waals surface area (Å²) in [6.07, 6.45) is 1.65. The van der Waals surface area contributed by atoms with Crippen LogP contribution in [0.4, 0.5) is 0 Å². The van der Waals surface area contributed by atoms with Gasteiger partial charge in [-0.2, -0.15) is 0 Å². The molecule has 1 N–H and O–H groups in total. The molecule has 0 bridgehead atoms. The Morgan fingerprint density at radius 3 is 2.88 bits per heavy atom. The number of fused-ring (bicyclic) bond motifs is 4. The topological polar surface area (TPSA) is 37.3 Å². The van der Waals surface area contributed by atoms with Gasteiger partial charge in [-0.3, -0.25) is 4.79 Å². The Balaban J connectivity index is 1.47. The summed E-state index contributed by atoms with van der Waals surface area (Å²) in [5.41, 5.74) is 3.57. The average Bonchev–Trinajstić information content (AvgIpc) is 3.30. The van der Waals surface area contributed by atoms with E-state index in [1.54, 1.807) is 0 Å². The molecule has 5 rings (SSSR count). The first-order valence-corrected chi connectivity index (χ1v) is 9.18. The summed E-state index contributed by atoms with van der Waals surface area (Å²) in [7, 11) is 2.10. The maximum atomic E-state index is 12.9. The van der Waals surface area contributed by atoms with Crippen LogP contribution in [0.1, 0.15) is 12.0 Å². The van der Waals surface area contributed by atoms with Crippen LogP contribution in [-0.2, 0) is 18.3 Å². The third-order valence-electron chi connectivity index (χ3n) is 6.10. The van der Waals surface area contributed by atoms with E-state index in [0.29, 0.717) is 18.4 Å². The van der Waals surface area contributed by atoms with Crippen molar-refractivity contribution in [1.82, 2.24) is 14.8 Å². The van der Waals surface area contributed by atoms with Crippen molar-refractivity contribution in [2.75, 3.05) is 19.6 Å². The Morgan fingerprint density at radius 1 is 1.12 bits per heavy atom. The zero-order valence-corrected chi connectivity index (χ0v) is 14.5. The molecule has 2 aromatic carbocycles. The number of hydrogen-bond acceptors (Lipinski definition) is 2. The van der Waals surface area contributed by atoms with Gasteiger partial charge in [-0.05, 0) is 36.1 Å². The van der Waals surface area contributed by atoms with Crippen LogP contribution in [0.15, 0.2) is 42.5 Å². The van der Waals surface area contributed by atoms with Crippen molar-refractivity contribution in [3.05, 3.63) is 48.0 Å². The number of aromatic nitrogens is 1. The van der Waals surface area contributed by atoms with E-state index in [4.69, 9.17) is 0 Å². The molecule has 2 aliphatic rings. The number of aryl methyl sites for hydroxylation is 1. The van der Waals surface area contributed by atoms with Gasteiger partial charge in [0.2, 0.25) is 5.91 Å². The second-order valence-corrected chi connectivity index (χ2v) is 7.47. The second kappa shape index (κ2) is 5.60. The molecule has 25 heavy (non-hydrogen) atoms. The number of rotatable bonds is 2. The van der Waals surface area contributed by atoms with Gasteiger partial charge < -0.3 is 14.8 Å². The third kappa shape index (κ3) is 2.28. The lowest BCUT2D eigenvalue weighted by atomic mass is 10.0. The lowest BCUT2D eigenvalue weighted by Gasteiger charge is -2.23. The molecule has 0 unspecified atom stereocenters. The SMILES string of the molecule is Cn1c2ccccc2c2cc(CC(=O)N3CC[C@@H]4CNC[C@@H]43)ccc21. The lowest BCUT2D eigenvalue weighted by molar-refractivity contribution is -0.131. The number of para-hydroxylation sites is 1. The van der Waals surface area contributed by atoms with Gasteiger partial charge in [-0.1, -0.05) is 24.3 Å². The molecule has 2 saturated heterocycles. The van der Waals surface area contributed by atoms with Crippen LogP contribution in [0.3, 0.4) is 0 Å². The van der Waals surface area contributed by atoms with Crippen molar-refractivity contribution >= 4 is 27.7 Å². The Hall–Kier alpha value is -2.33. The molecule has 3 aromatic rings. The fourth-order valence-electron chi connectivity index (χ4n) is 4.76. The smallest absolute Gasteiger partial charge is 0.227 e. The number of likely N-dealkylation sites (tertiary alicyclic amines) is 1. The largest absolute Gasteiger partial charge is 0.344 e. The van der Waals surface area contributed by atoms with Gasteiger partial charge in [0.15, 0.2) is 0 Å². The Kier molecular flexibility index (Phi) is 3.35. The normalized spacial score (nSPS) is 22.8. The first-order valence-electron chi connectivity index (χ1n) is 9.18. The van der Waals surface area contributed by atoms with Crippen LogP contribution in [0, 0.1) is 5.92 Å². The fourth-order valence-corrected chi connectivity index (χ4v) is 4.76. The van der Waals surface area contributed by atoms with Crippen molar-refractivity contribution < 1.29 is 4.79 Å². The van der Waals surface area contributed by atoms with Gasteiger partial charge in [0.1, 0.15) is 0 Å². The maximum absolute atomic E-state index is 12.9. The highest BCUT2D eigenvalue weighted by molar-refractivity contribution is 6.08. The lowest BCUT2D eigenvalue weighted by Crippen LogP contribution is -2.39. The molecule has 128 valence electrons. The van der Waals surface area contributed by atoms with Gasteiger partial charge in [0.05, 0.1) is 6.42 Å². The highest BCUT2D eigenvalue weighted by Gasteiger charge is 2.39. The van der Waals surface area contributed by atoms with E-state index >= 15 is 0 Å². The van der Waals surface area contributed by atoms with Gasteiger partial charge in [-0.25, -0.2) is 0 Å². The summed E-state index contributed by atoms with van der Waals surface area (Å²) in [6, 6.07) is 15.4.